The van der Waals surface area contributed by atoms with Gasteiger partial charge in [-0.2, -0.15) is 0 Å². The average Bonchev–Trinajstić information content (AvgIpc) is 2.76. The molecule has 0 saturated carbocycles. The lowest BCUT2D eigenvalue weighted by molar-refractivity contribution is -0.142. The number of β-amino-alcohol motifs (C(OH)–C–C–N with tert-alkyl or cyclic N) is 1. The van der Waals surface area contributed by atoms with Gasteiger partial charge in [0.15, 0.2) is 0 Å². The standard InChI is InChI=1S/C13H20N2O3/c1-10(2)13(17)8-15(9-13)7-12(16)14-6-11-4-3-5-18-11/h3-5,10,17H,6-9H2,1-2H3,(H,14,16). The minimum Gasteiger partial charge on any atom is -0.467 e. The molecule has 0 aromatic carbocycles. The van der Waals surface area contributed by atoms with E-state index < -0.39 is 5.60 Å². The summed E-state index contributed by atoms with van der Waals surface area (Å²) in [4.78, 5) is 13.6. The largest absolute Gasteiger partial charge is 0.467 e. The van der Waals surface area contributed by atoms with E-state index in [0.29, 0.717) is 26.2 Å². The molecule has 100 valence electrons. The summed E-state index contributed by atoms with van der Waals surface area (Å²) in [6.07, 6.45) is 1.58. The van der Waals surface area contributed by atoms with Crippen molar-refractivity contribution in [2.24, 2.45) is 5.92 Å². The molecular formula is C13H20N2O3. The van der Waals surface area contributed by atoms with Gasteiger partial charge < -0.3 is 14.8 Å². The Morgan fingerprint density at radius 1 is 1.61 bits per heavy atom. The van der Waals surface area contributed by atoms with E-state index in [1.165, 1.54) is 0 Å². The lowest BCUT2D eigenvalue weighted by Crippen LogP contribution is -2.65. The highest BCUT2D eigenvalue weighted by atomic mass is 16.3. The Labute approximate surface area is 107 Å². The quantitative estimate of drug-likeness (QED) is 0.805. The number of hydrogen-bond acceptors (Lipinski definition) is 4. The van der Waals surface area contributed by atoms with Crippen LogP contribution in [0.1, 0.15) is 19.6 Å². The zero-order chi connectivity index (χ0) is 13.2. The molecule has 0 radical (unpaired) electrons. The molecule has 1 aromatic heterocycles. The molecule has 0 spiro atoms. The second kappa shape index (κ2) is 5.12. The van der Waals surface area contributed by atoms with Crippen LogP contribution in [0.5, 0.6) is 0 Å². The molecule has 2 N–H and O–H groups in total. The maximum absolute atomic E-state index is 11.6. The van der Waals surface area contributed by atoms with E-state index in [-0.39, 0.29) is 11.8 Å². The van der Waals surface area contributed by atoms with Crippen LogP contribution in [0.15, 0.2) is 22.8 Å². The van der Waals surface area contributed by atoms with Crippen molar-refractivity contribution in [2.75, 3.05) is 19.6 Å². The summed E-state index contributed by atoms with van der Waals surface area (Å²) in [5.41, 5.74) is -0.624. The van der Waals surface area contributed by atoms with Gasteiger partial charge in [0.2, 0.25) is 5.91 Å². The van der Waals surface area contributed by atoms with Gasteiger partial charge in [-0.05, 0) is 18.1 Å². The van der Waals surface area contributed by atoms with Gasteiger partial charge >= 0.3 is 0 Å². The van der Waals surface area contributed by atoms with Crippen molar-refractivity contribution >= 4 is 5.91 Å². The Morgan fingerprint density at radius 2 is 2.33 bits per heavy atom. The fourth-order valence-electron chi connectivity index (χ4n) is 2.06. The van der Waals surface area contributed by atoms with E-state index in [0.717, 1.165) is 5.76 Å². The molecule has 1 aromatic rings. The van der Waals surface area contributed by atoms with E-state index in [1.807, 2.05) is 24.8 Å². The van der Waals surface area contributed by atoms with Crippen LogP contribution in [0, 0.1) is 5.92 Å². The number of carbonyl (C=O) groups excluding carboxylic acids is 1. The molecule has 0 bridgehead atoms. The summed E-state index contributed by atoms with van der Waals surface area (Å²) in [7, 11) is 0. The Morgan fingerprint density at radius 3 is 2.89 bits per heavy atom. The van der Waals surface area contributed by atoms with Crippen LogP contribution in [-0.2, 0) is 11.3 Å². The average molecular weight is 252 g/mol. The van der Waals surface area contributed by atoms with Crippen LogP contribution >= 0.6 is 0 Å². The fraction of sp³-hybridized carbons (Fsp3) is 0.615. The third-order valence-electron chi connectivity index (χ3n) is 3.48. The highest BCUT2D eigenvalue weighted by molar-refractivity contribution is 5.78. The predicted octanol–water partition coefficient (Wildman–Crippen LogP) is 0.598. The van der Waals surface area contributed by atoms with Crippen molar-refractivity contribution in [3.05, 3.63) is 24.2 Å². The fourth-order valence-corrected chi connectivity index (χ4v) is 2.06. The molecule has 0 aliphatic carbocycles. The first-order valence-corrected chi connectivity index (χ1v) is 6.23. The van der Waals surface area contributed by atoms with Crippen molar-refractivity contribution in [3.63, 3.8) is 0 Å². The molecule has 0 atom stereocenters. The Balaban J connectivity index is 1.67. The van der Waals surface area contributed by atoms with Gasteiger partial charge in [-0.15, -0.1) is 0 Å². The zero-order valence-electron chi connectivity index (χ0n) is 10.8. The number of hydrogen-bond donors (Lipinski definition) is 2. The molecule has 1 saturated heterocycles. The molecule has 2 heterocycles. The van der Waals surface area contributed by atoms with E-state index in [9.17, 15) is 9.90 Å². The number of aliphatic hydroxyl groups is 1. The van der Waals surface area contributed by atoms with E-state index in [2.05, 4.69) is 5.32 Å². The summed E-state index contributed by atoms with van der Waals surface area (Å²) < 4.78 is 5.13. The van der Waals surface area contributed by atoms with Crippen LogP contribution < -0.4 is 5.32 Å². The lowest BCUT2D eigenvalue weighted by Gasteiger charge is -2.48. The number of furan rings is 1. The van der Waals surface area contributed by atoms with Crippen molar-refractivity contribution in [1.29, 1.82) is 0 Å². The monoisotopic (exact) mass is 252 g/mol. The predicted molar refractivity (Wildman–Crippen MR) is 66.8 cm³/mol. The minimum atomic E-state index is -0.624. The lowest BCUT2D eigenvalue weighted by atomic mass is 9.83. The topological polar surface area (TPSA) is 65.7 Å². The molecule has 1 aliphatic heterocycles. The van der Waals surface area contributed by atoms with E-state index >= 15 is 0 Å². The smallest absolute Gasteiger partial charge is 0.234 e. The Hall–Kier alpha value is -1.33. The highest BCUT2D eigenvalue weighted by Crippen LogP contribution is 2.27. The van der Waals surface area contributed by atoms with Crippen molar-refractivity contribution in [1.82, 2.24) is 10.2 Å². The SMILES string of the molecule is CC(C)C1(O)CN(CC(=O)NCc2ccco2)C1. The minimum absolute atomic E-state index is 0.0443. The molecule has 0 unspecified atom stereocenters. The van der Waals surface area contributed by atoms with E-state index in [1.54, 1.807) is 12.3 Å². The molecule has 2 rings (SSSR count). The Bertz CT molecular complexity index is 394. The Kier molecular flexibility index (Phi) is 3.73. The van der Waals surface area contributed by atoms with Gasteiger partial charge in [0.25, 0.3) is 0 Å². The summed E-state index contributed by atoms with van der Waals surface area (Å²) in [5.74, 6) is 0.919. The molecule has 5 nitrogen and oxygen atoms in total. The van der Waals surface area contributed by atoms with Gasteiger partial charge in [0, 0.05) is 13.1 Å². The maximum Gasteiger partial charge on any atom is 0.234 e. The first kappa shape index (κ1) is 13.1. The van der Waals surface area contributed by atoms with Crippen LogP contribution in [-0.4, -0.2) is 41.1 Å². The zero-order valence-corrected chi connectivity index (χ0v) is 10.8. The maximum atomic E-state index is 11.6. The summed E-state index contributed by atoms with van der Waals surface area (Å²) >= 11 is 0. The normalized spacial score (nSPS) is 18.7. The van der Waals surface area contributed by atoms with E-state index in [4.69, 9.17) is 4.42 Å². The van der Waals surface area contributed by atoms with Crippen LogP contribution in [0.4, 0.5) is 0 Å². The second-order valence-electron chi connectivity index (χ2n) is 5.26. The third kappa shape index (κ3) is 2.91. The summed E-state index contributed by atoms with van der Waals surface area (Å²) in [5, 5.41) is 12.8. The van der Waals surface area contributed by atoms with Crippen molar-refractivity contribution < 1.29 is 14.3 Å². The molecule has 1 amide bonds. The van der Waals surface area contributed by atoms with Crippen LogP contribution in [0.25, 0.3) is 0 Å². The highest BCUT2D eigenvalue weighted by Gasteiger charge is 2.43. The van der Waals surface area contributed by atoms with Gasteiger partial charge in [0.1, 0.15) is 5.76 Å². The number of carbonyl (C=O) groups is 1. The van der Waals surface area contributed by atoms with Crippen molar-refractivity contribution in [2.45, 2.75) is 26.0 Å². The first-order chi connectivity index (χ1) is 8.49. The summed E-state index contributed by atoms with van der Waals surface area (Å²) in [6.45, 7) is 5.87. The number of amides is 1. The number of rotatable bonds is 5. The number of likely N-dealkylation sites (tertiary alicyclic amines) is 1. The summed E-state index contributed by atoms with van der Waals surface area (Å²) in [6, 6.07) is 3.61. The second-order valence-corrected chi connectivity index (χ2v) is 5.26. The van der Waals surface area contributed by atoms with Gasteiger partial charge in [-0.3, -0.25) is 9.69 Å². The van der Waals surface area contributed by atoms with Crippen LogP contribution in [0.2, 0.25) is 0 Å². The molecular weight excluding hydrogens is 232 g/mol. The molecule has 1 aliphatic rings. The molecule has 5 heteroatoms. The van der Waals surface area contributed by atoms with Gasteiger partial charge in [0.05, 0.1) is 25.0 Å². The number of nitrogens with zero attached hydrogens (tertiary/aromatic N) is 1. The number of nitrogens with one attached hydrogen (secondary N) is 1. The van der Waals surface area contributed by atoms with Gasteiger partial charge in [-0.25, -0.2) is 0 Å². The molecule has 1 fully saturated rings. The van der Waals surface area contributed by atoms with Gasteiger partial charge in [-0.1, -0.05) is 13.8 Å². The first-order valence-electron chi connectivity index (χ1n) is 6.23. The third-order valence-corrected chi connectivity index (χ3v) is 3.48. The van der Waals surface area contributed by atoms with Crippen molar-refractivity contribution in [3.8, 4) is 0 Å². The van der Waals surface area contributed by atoms with Crippen LogP contribution in [0.3, 0.4) is 0 Å². The molecule has 18 heavy (non-hydrogen) atoms.